The number of nitrogens with zero attached hydrogens (tertiary/aromatic N) is 1. The third kappa shape index (κ3) is 7.62. The lowest BCUT2D eigenvalue weighted by atomic mass is 9.79. The van der Waals surface area contributed by atoms with Crippen molar-refractivity contribution >= 4 is 17.5 Å². The number of allylic oxidation sites excluding steroid dienone is 2. The summed E-state index contributed by atoms with van der Waals surface area (Å²) >= 11 is 6.27. The minimum absolute atomic E-state index is 0.0726. The van der Waals surface area contributed by atoms with Crippen LogP contribution >= 0.6 is 11.6 Å². The Hall–Kier alpha value is -0.700. The smallest absolute Gasteiger partial charge is 0.240 e. The third-order valence-corrected chi connectivity index (χ3v) is 11.4. The average molecular weight is 580 g/mol. The summed E-state index contributed by atoms with van der Waals surface area (Å²) < 4.78 is 0. The Balaban J connectivity index is 1.12. The zero-order valence-corrected chi connectivity index (χ0v) is 25.3. The molecule has 5 aliphatic rings. The molecule has 40 heavy (non-hydrogen) atoms. The van der Waals surface area contributed by atoms with Gasteiger partial charge in [0.15, 0.2) is 0 Å². The highest BCUT2D eigenvalue weighted by Crippen LogP contribution is 2.38. The van der Waals surface area contributed by atoms with Crippen molar-refractivity contribution in [1.82, 2.24) is 15.7 Å². The van der Waals surface area contributed by atoms with Gasteiger partial charge in [-0.2, -0.15) is 5.06 Å². The van der Waals surface area contributed by atoms with Crippen LogP contribution in [0.1, 0.15) is 90.4 Å². The monoisotopic (exact) mass is 579 g/mol. The first-order valence-electron chi connectivity index (χ1n) is 16.5. The largest absolute Gasteiger partial charge is 0.396 e. The van der Waals surface area contributed by atoms with Gasteiger partial charge >= 0.3 is 0 Å². The summed E-state index contributed by atoms with van der Waals surface area (Å²) in [6.07, 6.45) is 19.1. The summed E-state index contributed by atoms with van der Waals surface area (Å²) in [5.74, 6) is 2.63. The zero-order chi connectivity index (χ0) is 28.1. The van der Waals surface area contributed by atoms with Crippen molar-refractivity contribution in [1.29, 1.82) is 0 Å². The van der Waals surface area contributed by atoms with E-state index in [0.717, 1.165) is 57.4 Å². The molecule has 7 nitrogen and oxygen atoms in total. The summed E-state index contributed by atoms with van der Waals surface area (Å²) in [5, 5.41) is 29.7. The predicted molar refractivity (Wildman–Crippen MR) is 159 cm³/mol. The number of hydrogen-bond donors (Lipinski definition) is 4. The van der Waals surface area contributed by atoms with Crippen LogP contribution in [0.5, 0.6) is 0 Å². The standard InChI is InChI=1S/C32H54ClN3O4/c1-21(38)31-28(20-37)30(32(39)34-17-16-25-18-35-29-5-3-2-4-27(25)29)36(40-31)19-24-10-8-22(9-11-24)6-7-23-12-14-26(33)15-13-23/h6-7,21-31,35,37-38H,2-5,8-20H2,1H3,(H,34,39)/b7-6+/t21-,22?,23?,24?,25?,26?,27?,28-,29?,30?,31-/m1/s1. The highest BCUT2D eigenvalue weighted by atomic mass is 35.5. The molecule has 1 amide bonds. The number of aliphatic hydroxyl groups excluding tert-OH is 2. The fourth-order valence-electron chi connectivity index (χ4n) is 8.46. The van der Waals surface area contributed by atoms with Gasteiger partial charge in [0.1, 0.15) is 12.1 Å². The number of hydroxylamine groups is 2. The van der Waals surface area contributed by atoms with Crippen LogP contribution in [-0.2, 0) is 9.63 Å². The van der Waals surface area contributed by atoms with Gasteiger partial charge in [0, 0.05) is 30.4 Å². The molecule has 5 rings (SSSR count). The van der Waals surface area contributed by atoms with Crippen molar-refractivity contribution in [2.75, 3.05) is 26.2 Å². The number of hydrogen-bond acceptors (Lipinski definition) is 6. The van der Waals surface area contributed by atoms with Gasteiger partial charge in [-0.3, -0.25) is 9.63 Å². The maximum Gasteiger partial charge on any atom is 0.240 e. The molecule has 7 atom stereocenters. The lowest BCUT2D eigenvalue weighted by molar-refractivity contribution is -0.193. The van der Waals surface area contributed by atoms with Gasteiger partial charge < -0.3 is 20.8 Å². The topological polar surface area (TPSA) is 94.1 Å². The van der Waals surface area contributed by atoms with E-state index in [-0.39, 0.29) is 12.5 Å². The normalized spacial score (nSPS) is 41.7. The lowest BCUT2D eigenvalue weighted by Gasteiger charge is -2.32. The van der Waals surface area contributed by atoms with Crippen LogP contribution < -0.4 is 10.6 Å². The highest BCUT2D eigenvalue weighted by Gasteiger charge is 2.49. The van der Waals surface area contributed by atoms with E-state index < -0.39 is 24.2 Å². The third-order valence-electron chi connectivity index (χ3n) is 10.9. The number of aliphatic hydroxyl groups is 2. The van der Waals surface area contributed by atoms with E-state index in [4.69, 9.17) is 16.4 Å². The van der Waals surface area contributed by atoms with Crippen LogP contribution in [0.4, 0.5) is 0 Å². The number of rotatable bonds is 10. The zero-order valence-electron chi connectivity index (χ0n) is 24.6. The summed E-state index contributed by atoms with van der Waals surface area (Å²) in [6.45, 7) is 3.89. The van der Waals surface area contributed by atoms with Crippen LogP contribution in [0.3, 0.4) is 0 Å². The summed E-state index contributed by atoms with van der Waals surface area (Å²) in [5.41, 5.74) is 0. The molecular formula is C32H54ClN3O4. The second kappa shape index (κ2) is 14.7. The quantitative estimate of drug-likeness (QED) is 0.226. The maximum atomic E-state index is 13.5. The molecule has 3 aliphatic carbocycles. The molecule has 2 aliphatic heterocycles. The Bertz CT molecular complexity index is 827. The van der Waals surface area contributed by atoms with E-state index >= 15 is 0 Å². The number of nitrogens with one attached hydrogen (secondary N) is 2. The number of carbonyl (C=O) groups is 1. The van der Waals surface area contributed by atoms with Crippen molar-refractivity contribution in [2.45, 2.75) is 120 Å². The molecule has 0 aromatic heterocycles. The fraction of sp³-hybridized carbons (Fsp3) is 0.906. The number of fused-ring (bicyclic) bond motifs is 1. The molecule has 4 N–H and O–H groups in total. The van der Waals surface area contributed by atoms with E-state index in [2.05, 4.69) is 22.8 Å². The molecule has 5 fully saturated rings. The van der Waals surface area contributed by atoms with Gasteiger partial charge in [0.25, 0.3) is 0 Å². The lowest BCUT2D eigenvalue weighted by Crippen LogP contribution is -2.49. The summed E-state index contributed by atoms with van der Waals surface area (Å²) in [4.78, 5) is 19.7. The molecule has 8 heteroatoms. The first-order valence-corrected chi connectivity index (χ1v) is 16.9. The maximum absolute atomic E-state index is 13.5. The first kappa shape index (κ1) is 30.7. The van der Waals surface area contributed by atoms with Gasteiger partial charge in [0.2, 0.25) is 5.91 Å². The Morgan fingerprint density at radius 1 is 1.05 bits per heavy atom. The van der Waals surface area contributed by atoms with Crippen LogP contribution in [0, 0.1) is 35.5 Å². The van der Waals surface area contributed by atoms with Gasteiger partial charge in [-0.1, -0.05) is 25.0 Å². The van der Waals surface area contributed by atoms with Crippen molar-refractivity contribution < 1.29 is 19.8 Å². The van der Waals surface area contributed by atoms with Crippen LogP contribution in [0.15, 0.2) is 12.2 Å². The highest BCUT2D eigenvalue weighted by molar-refractivity contribution is 6.20. The van der Waals surface area contributed by atoms with Crippen molar-refractivity contribution in [3.05, 3.63) is 12.2 Å². The molecule has 0 radical (unpaired) electrons. The molecule has 4 unspecified atom stereocenters. The van der Waals surface area contributed by atoms with Crippen LogP contribution in [0.2, 0.25) is 0 Å². The van der Waals surface area contributed by atoms with Gasteiger partial charge in [-0.05, 0) is 114 Å². The molecule has 2 heterocycles. The summed E-state index contributed by atoms with van der Waals surface area (Å²) in [7, 11) is 0. The van der Waals surface area contributed by atoms with Crippen molar-refractivity contribution in [2.24, 2.45) is 35.5 Å². The fourth-order valence-corrected chi connectivity index (χ4v) is 8.71. The second-order valence-electron chi connectivity index (χ2n) is 13.7. The molecule has 0 spiro atoms. The molecule has 0 aromatic carbocycles. The number of alkyl halides is 1. The SMILES string of the molecule is C[C@@H](O)[C@H]1ON(CC2CCC(/C=C/C3CCC(Cl)CC3)CC2)C(C(=O)NCCC2CNC3CCCCC23)[C@H]1CO. The van der Waals surface area contributed by atoms with E-state index in [1.165, 1.54) is 38.5 Å². The predicted octanol–water partition coefficient (Wildman–Crippen LogP) is 4.40. The van der Waals surface area contributed by atoms with E-state index in [9.17, 15) is 15.0 Å². The molecule has 0 aromatic rings. The number of amides is 1. The Morgan fingerprint density at radius 3 is 2.40 bits per heavy atom. The Labute approximate surface area is 246 Å². The first-order chi connectivity index (χ1) is 19.4. The van der Waals surface area contributed by atoms with Gasteiger partial charge in [-0.15, -0.1) is 11.6 Å². The van der Waals surface area contributed by atoms with E-state index in [1.54, 1.807) is 6.92 Å². The number of halogens is 1. The molecular weight excluding hydrogens is 526 g/mol. The number of carbonyl (C=O) groups excluding carboxylic acids is 1. The molecule has 3 saturated carbocycles. The van der Waals surface area contributed by atoms with Gasteiger partial charge in [0.05, 0.1) is 12.7 Å². The van der Waals surface area contributed by atoms with Crippen molar-refractivity contribution in [3.63, 3.8) is 0 Å². The Morgan fingerprint density at radius 2 is 1.73 bits per heavy atom. The van der Waals surface area contributed by atoms with E-state index in [0.29, 0.717) is 48.2 Å². The van der Waals surface area contributed by atoms with Gasteiger partial charge in [-0.25, -0.2) is 0 Å². The van der Waals surface area contributed by atoms with Crippen LogP contribution in [-0.4, -0.2) is 77.1 Å². The average Bonchev–Trinajstić information content (AvgIpc) is 3.55. The minimum atomic E-state index is -0.750. The van der Waals surface area contributed by atoms with Crippen molar-refractivity contribution in [3.8, 4) is 0 Å². The van der Waals surface area contributed by atoms with E-state index in [1.807, 2.05) is 5.06 Å². The molecule has 0 bridgehead atoms. The second-order valence-corrected chi connectivity index (χ2v) is 14.3. The minimum Gasteiger partial charge on any atom is -0.396 e. The summed E-state index contributed by atoms with van der Waals surface area (Å²) in [6, 6.07) is 0.0960. The molecule has 228 valence electrons. The van der Waals surface area contributed by atoms with Crippen LogP contribution in [0.25, 0.3) is 0 Å². The molecule has 2 saturated heterocycles. The Kier molecular flexibility index (Phi) is 11.3.